The average molecular weight is 1970 g/mol. The molecule has 4 aromatic heterocycles. The van der Waals surface area contributed by atoms with Crippen LogP contribution in [-0.2, 0) is 28.4 Å². The molecule has 0 spiro atoms. The Hall–Kier alpha value is -8.88. The number of aromatic nitrogens is 6. The van der Waals surface area contributed by atoms with Crippen LogP contribution in [0.15, 0.2) is 182 Å². The fourth-order valence-corrected chi connectivity index (χ4v) is 13.7. The normalized spacial score (nSPS) is 21.9. The summed E-state index contributed by atoms with van der Waals surface area (Å²) in [6.45, 7) is 73.9. The van der Waals surface area contributed by atoms with Gasteiger partial charge in [0.15, 0.2) is 12.6 Å². The van der Waals surface area contributed by atoms with Gasteiger partial charge in [0.05, 0.1) is 38.6 Å². The van der Waals surface area contributed by atoms with Gasteiger partial charge in [0.1, 0.15) is 46.6 Å². The largest absolute Gasteiger partial charge is 0.378 e. The minimum absolute atomic E-state index is 0.0196. The molecule has 5 aromatic carbocycles. The van der Waals surface area contributed by atoms with Gasteiger partial charge in [0.2, 0.25) is 0 Å². The monoisotopic (exact) mass is 1970 g/mol. The summed E-state index contributed by atoms with van der Waals surface area (Å²) in [7, 11) is 0. The highest BCUT2D eigenvalue weighted by atomic mass is 19.2. The van der Waals surface area contributed by atoms with Gasteiger partial charge in [-0.15, -0.1) is 0 Å². The van der Waals surface area contributed by atoms with Crippen molar-refractivity contribution in [3.05, 3.63) is 318 Å². The first-order chi connectivity index (χ1) is 66.9. The molecule has 4 aliphatic heterocycles. The summed E-state index contributed by atoms with van der Waals surface area (Å²) < 4.78 is 107. The Kier molecular flexibility index (Phi) is 70.0. The van der Waals surface area contributed by atoms with E-state index >= 15 is 0 Å². The molecule has 0 N–H and O–H groups in total. The van der Waals surface area contributed by atoms with Crippen LogP contribution in [0, 0.1) is 219 Å². The van der Waals surface area contributed by atoms with Gasteiger partial charge >= 0.3 is 0 Å². The van der Waals surface area contributed by atoms with Crippen molar-refractivity contribution < 1.29 is 54.8 Å². The lowest BCUT2D eigenvalue weighted by Crippen LogP contribution is -2.27. The molecule has 5 fully saturated rings. The molecule has 0 radical (unpaired) electrons. The van der Waals surface area contributed by atoms with Gasteiger partial charge in [-0.3, -0.25) is 9.97 Å². The minimum atomic E-state index is -0.475. The highest BCUT2D eigenvalue weighted by molar-refractivity contribution is 5.27. The van der Waals surface area contributed by atoms with Gasteiger partial charge in [-0.05, 0) is 395 Å². The molecule has 8 atom stereocenters. The number of rotatable bonds is 0. The average Bonchev–Trinajstić information content (AvgIpc) is 0.868. The van der Waals surface area contributed by atoms with E-state index in [9.17, 15) is 26.3 Å². The van der Waals surface area contributed by atoms with Crippen molar-refractivity contribution in [1.82, 2.24) is 29.9 Å². The van der Waals surface area contributed by atoms with Gasteiger partial charge in [-0.25, -0.2) is 46.3 Å². The van der Waals surface area contributed by atoms with Crippen LogP contribution in [0.2, 0.25) is 0 Å². The molecule has 12 nitrogen and oxygen atoms in total. The molecule has 0 bridgehead atoms. The molecule has 8 aliphatic rings. The number of hydrogen-bond acceptors (Lipinski definition) is 12. The minimum Gasteiger partial charge on any atom is -0.378 e. The summed E-state index contributed by atoms with van der Waals surface area (Å²) in [4.78, 5) is 24.0. The molecule has 9 aromatic rings. The van der Waals surface area contributed by atoms with E-state index in [-0.39, 0.29) is 35.3 Å². The highest BCUT2D eigenvalue weighted by Crippen LogP contribution is 2.29. The van der Waals surface area contributed by atoms with Crippen LogP contribution in [-0.4, -0.2) is 94.3 Å². The highest BCUT2D eigenvalue weighted by Gasteiger charge is 2.19. The first-order valence-electron chi connectivity index (χ1n) is 52.2. The zero-order chi connectivity index (χ0) is 107. The van der Waals surface area contributed by atoms with Crippen LogP contribution >= 0.6 is 0 Å². The third-order valence-corrected chi connectivity index (χ3v) is 24.5. The Balaban J connectivity index is 0.000000755. The molecule has 8 heterocycles. The predicted octanol–water partition coefficient (Wildman–Crippen LogP) is 34.6. The number of halogens is 6. The van der Waals surface area contributed by atoms with Crippen molar-refractivity contribution >= 4 is 0 Å². The molecule has 1 saturated carbocycles. The Morgan fingerprint density at radius 3 is 0.697 bits per heavy atom. The van der Waals surface area contributed by atoms with Crippen molar-refractivity contribution in [1.29, 1.82) is 0 Å². The third kappa shape index (κ3) is 69.2. The second-order valence-corrected chi connectivity index (χ2v) is 41.4. The maximum atomic E-state index is 12.6. The molecule has 4 aliphatic carbocycles. The predicted molar refractivity (Wildman–Crippen MR) is 585 cm³/mol. The van der Waals surface area contributed by atoms with Gasteiger partial charge in [0, 0.05) is 84.7 Å². The standard InChI is InChI=1S/2C8H8F2.2C8H9F.C8H16.3C8H14.C8H10.2C7H9N.2C7H14O.2C6H8N2.2C6H12O2/c2*1-5-3-7(9)6(2)8(10)4-5;2*1-6-3-4-7(2)8(9)5-6;5*1-7-3-5-8(2)6-4-7;4*1-6-3-4-7(2)8-5-6;4*1-5-3-7-6(2)8-4-5/h2*3-4H,1-2H3;2*3-5H,1-2H3;7-8H,3-6H2,1-2H3;2*3,8H,4-6H2,1-2H3;3,5,7-8H,4,6H2,1-2H3;3-6H,1-2H3;2*3-5H,1-2H3;2*6-7H,3-5H2,1-2H3;2*3-4H,1-2H3;2*5-6H,3-4H2,1-2H3. The van der Waals surface area contributed by atoms with E-state index in [0.29, 0.717) is 46.3 Å². The Bertz CT molecular complexity index is 4120. The molecule has 0 amide bonds. The molecule has 17 rings (SSSR count). The Morgan fingerprint density at radius 1 is 0.232 bits per heavy atom. The van der Waals surface area contributed by atoms with Crippen LogP contribution in [0.1, 0.15) is 314 Å². The molecule has 142 heavy (non-hydrogen) atoms. The molecule has 792 valence electrons. The summed E-state index contributed by atoms with van der Waals surface area (Å²) in [5, 5.41) is 0. The van der Waals surface area contributed by atoms with Crippen LogP contribution in [0.25, 0.3) is 0 Å². The lowest BCUT2D eigenvalue weighted by atomic mass is 9.84. The van der Waals surface area contributed by atoms with Crippen LogP contribution in [0.4, 0.5) is 26.3 Å². The number of hydrogen-bond donors (Lipinski definition) is 0. The lowest BCUT2D eigenvalue weighted by molar-refractivity contribution is -0.187. The third-order valence-electron chi connectivity index (χ3n) is 24.5. The molecular weight excluding hydrogens is 1780 g/mol. The Labute approximate surface area is 859 Å². The van der Waals surface area contributed by atoms with Gasteiger partial charge in [0.25, 0.3) is 0 Å². The van der Waals surface area contributed by atoms with Crippen molar-refractivity contribution in [3.63, 3.8) is 0 Å². The quantitative estimate of drug-likeness (QED) is 0.106. The fourth-order valence-electron chi connectivity index (χ4n) is 13.7. The van der Waals surface area contributed by atoms with Crippen LogP contribution in [0.3, 0.4) is 0 Å². The van der Waals surface area contributed by atoms with E-state index in [0.717, 1.165) is 132 Å². The smallest absolute Gasteiger partial charge is 0.154 e. The van der Waals surface area contributed by atoms with E-state index in [1.165, 1.54) is 175 Å². The number of aryl methyl sites for hydroxylation is 16. The number of benzene rings is 5. The SMILES string of the molecule is CC1=CCC(C)CC1.CC1=CCC(C)CC1.CC1C=CC(C)CC1.CC1CCC(C)CC1.CC1CCC(C)OC1.CC1CCC(C)OC1.CC1COC(C)OC1.CC1COC(C)OC1.Cc1cc(F)c(C)c(F)c1.Cc1cc(F)c(C)c(F)c1.Cc1ccc(C)c(F)c1.Cc1ccc(C)c(F)c1.Cc1ccc(C)cc1.Cc1ccc(C)nc1.Cc1ccc(C)nc1.Cc1cnc(C)nc1.Cc1cnc(C)nc1. The second-order valence-electron chi connectivity index (χ2n) is 41.4. The van der Waals surface area contributed by atoms with E-state index in [2.05, 4.69) is 201 Å². The summed E-state index contributed by atoms with van der Waals surface area (Å²) in [6, 6.07) is 32.3. The topological polar surface area (TPSA) is 133 Å². The zero-order valence-electron chi connectivity index (χ0n) is 94.2. The molecular formula is C124H188F6N6O6. The number of nitrogens with zero attached hydrogens (tertiary/aromatic N) is 6. The fraction of sp³-hybridized carbons (Fsp3) is 0.565. The molecule has 8 unspecified atom stereocenters. The molecule has 4 saturated heterocycles. The second kappa shape index (κ2) is 75.8. The van der Waals surface area contributed by atoms with Crippen molar-refractivity contribution in [2.45, 2.75) is 363 Å². The van der Waals surface area contributed by atoms with Gasteiger partial charge in [-0.2, -0.15) is 0 Å². The van der Waals surface area contributed by atoms with Crippen LogP contribution in [0.5, 0.6) is 0 Å². The first-order valence-corrected chi connectivity index (χ1v) is 52.2. The maximum absolute atomic E-state index is 12.6. The van der Waals surface area contributed by atoms with Crippen molar-refractivity contribution in [2.75, 3.05) is 39.6 Å². The molecule has 18 heteroatoms. The summed E-state index contributed by atoms with van der Waals surface area (Å²) >= 11 is 0. The van der Waals surface area contributed by atoms with E-state index in [1.54, 1.807) is 51.0 Å². The maximum Gasteiger partial charge on any atom is 0.154 e. The summed E-state index contributed by atoms with van der Waals surface area (Å²) in [6.07, 6.45) is 43.4. The van der Waals surface area contributed by atoms with Crippen molar-refractivity contribution in [3.8, 4) is 0 Å². The number of allylic oxidation sites excluding steroid dienone is 6. The zero-order valence-corrected chi connectivity index (χ0v) is 94.2. The lowest BCUT2D eigenvalue weighted by Gasteiger charge is -2.24. The van der Waals surface area contributed by atoms with E-state index < -0.39 is 23.3 Å². The van der Waals surface area contributed by atoms with Gasteiger partial charge < -0.3 is 28.4 Å². The number of pyridine rings is 2. The van der Waals surface area contributed by atoms with E-state index in [1.807, 2.05) is 145 Å². The van der Waals surface area contributed by atoms with Gasteiger partial charge in [-0.1, -0.05) is 202 Å². The summed E-state index contributed by atoms with van der Waals surface area (Å²) in [5.41, 5.74) is 17.4. The summed E-state index contributed by atoms with van der Waals surface area (Å²) in [5.74, 6) is 7.88. The first kappa shape index (κ1) is 131. The van der Waals surface area contributed by atoms with Crippen molar-refractivity contribution in [2.24, 2.45) is 59.2 Å². The number of ether oxygens (including phenoxy) is 6. The van der Waals surface area contributed by atoms with E-state index in [4.69, 9.17) is 28.4 Å². The Morgan fingerprint density at radius 2 is 0.493 bits per heavy atom. The van der Waals surface area contributed by atoms with Crippen LogP contribution < -0.4 is 0 Å².